The van der Waals surface area contributed by atoms with E-state index in [9.17, 15) is 69.4 Å². The van der Waals surface area contributed by atoms with Gasteiger partial charge in [0.2, 0.25) is 0 Å². The summed E-state index contributed by atoms with van der Waals surface area (Å²) in [4.78, 5) is 49.6. The molecule has 3 aliphatic rings. The number of aliphatic hydroxyl groups excluding tert-OH is 6. The standard InChI is InChI=1S/C26H49N4O25P3.Na/c1-9(31)28-15-21(37)19(35)13(51-24(15)47-5-4-27)7-49-57(43,44)55-26-17(30-11(3)33)23(39)20(36)14(53-26)8-50-58(45,46)54-25-16(29-10(2)32)22(38)18(34)12(52-25)6-48-56(40,41)42;/h12-26,34-39H,4-8,27H2,1-3H3,(H,28,31)(H,29,32)(H,30,33)(H,43,44)(H,45,46)(H2,40,41,42);/q;+1/p-3/t12-,13-,14-,15+,16+,17+,18-,19-,20-,21-,22-,23-,24+,25-,26-;/m1./s1. The normalized spacial score (nSPS) is 38.5. The Bertz CT molecular complexity index is 1580. The molecule has 0 aromatic carbocycles. The fraction of sp³-hybridized carbons (Fsp3) is 0.885. The second kappa shape index (κ2) is 23.3. The molecule has 17 atom stereocenters. The van der Waals surface area contributed by atoms with E-state index in [-0.39, 0.29) is 42.7 Å². The average Bonchev–Trinajstić information content (AvgIpc) is 3.10. The summed E-state index contributed by atoms with van der Waals surface area (Å²) in [5.41, 5.74) is 5.42. The van der Waals surface area contributed by atoms with Crippen LogP contribution in [0.4, 0.5) is 0 Å². The summed E-state index contributed by atoms with van der Waals surface area (Å²) >= 11 is 0. The van der Waals surface area contributed by atoms with Crippen LogP contribution in [0.5, 0.6) is 0 Å². The molecule has 0 spiro atoms. The minimum Gasteiger partial charge on any atom is -0.862 e. The third-order valence-corrected chi connectivity index (χ3v) is 10.5. The Morgan fingerprint density at radius 3 is 1.19 bits per heavy atom. The molecule has 0 aliphatic carbocycles. The third-order valence-electron chi connectivity index (χ3n) is 8.08. The maximum atomic E-state index is 13.1. The number of ether oxygens (including phenoxy) is 4. The van der Waals surface area contributed by atoms with Crippen LogP contribution in [0, 0.1) is 0 Å². The minimum absolute atomic E-state index is 0. The number of phosphoric acid groups is 3. The monoisotopic (exact) mass is 930 g/mol. The van der Waals surface area contributed by atoms with Gasteiger partial charge in [-0.3, -0.25) is 37.6 Å². The van der Waals surface area contributed by atoms with Gasteiger partial charge in [-0.1, -0.05) is 0 Å². The SMILES string of the molecule is CC([O-])=N[C@@H]1[C@@H](OP(=O)(O)OC[C@H]2O[C@H](OP(=O)(O)OC[C@H]3O[C@H](OCCN)[C@@H](N=C(C)[O-])[C@@H](O)[C@@H]3O)[C@@H](N=C(C)[O-])[C@@H](O)[C@@H]2O)O[C@H](COP(=O)(O)O)[C@@H](O)[C@@H]1O.[Na+]. The predicted octanol–water partition coefficient (Wildman–Crippen LogP) is -10.9. The zero-order chi connectivity index (χ0) is 43.9. The average molecular weight is 931 g/mol. The van der Waals surface area contributed by atoms with Crippen molar-refractivity contribution in [2.24, 2.45) is 20.7 Å². The van der Waals surface area contributed by atoms with Crippen molar-refractivity contribution >= 4 is 41.2 Å². The number of rotatable bonds is 19. The van der Waals surface area contributed by atoms with Crippen LogP contribution in [-0.2, 0) is 55.3 Å². The van der Waals surface area contributed by atoms with Gasteiger partial charge in [-0.2, -0.15) is 0 Å². The number of aliphatic hydroxyl groups is 6. The summed E-state index contributed by atoms with van der Waals surface area (Å²) in [6.45, 7) is -0.798. The van der Waals surface area contributed by atoms with Crippen molar-refractivity contribution in [3.05, 3.63) is 0 Å². The summed E-state index contributed by atoms with van der Waals surface area (Å²) in [5, 5.41) is 98.7. The Morgan fingerprint density at radius 2 is 0.881 bits per heavy atom. The Morgan fingerprint density at radius 1 is 0.576 bits per heavy atom. The van der Waals surface area contributed by atoms with E-state index in [0.29, 0.717) is 0 Å². The van der Waals surface area contributed by atoms with Gasteiger partial charge in [-0.25, -0.2) is 13.7 Å². The number of hydrogen-bond acceptors (Lipinski definition) is 25. The zero-order valence-electron chi connectivity index (χ0n) is 31.6. The molecule has 338 valence electrons. The van der Waals surface area contributed by atoms with E-state index >= 15 is 0 Å². The molecule has 0 bridgehead atoms. The van der Waals surface area contributed by atoms with Crippen LogP contribution in [0.2, 0.25) is 0 Å². The first-order valence-electron chi connectivity index (χ1n) is 16.8. The van der Waals surface area contributed by atoms with E-state index in [1.807, 2.05) is 0 Å². The van der Waals surface area contributed by atoms with Crippen molar-refractivity contribution in [3.8, 4) is 0 Å². The largest absolute Gasteiger partial charge is 1.00 e. The summed E-state index contributed by atoms with van der Waals surface area (Å²) < 4.78 is 82.5. The quantitative estimate of drug-likeness (QED) is 0.0248. The Balaban J connectivity index is 0.0000120. The van der Waals surface area contributed by atoms with Crippen LogP contribution >= 0.6 is 23.5 Å². The number of aliphatic imine (C=N–C) groups is 3. The molecule has 3 fully saturated rings. The third kappa shape index (κ3) is 16.4. The van der Waals surface area contributed by atoms with Gasteiger partial charge in [0.15, 0.2) is 18.9 Å². The molecule has 0 radical (unpaired) electrons. The number of phosphoric ester groups is 3. The molecule has 29 nitrogen and oxygen atoms in total. The minimum atomic E-state index is -5.54. The smallest absolute Gasteiger partial charge is 0.862 e. The van der Waals surface area contributed by atoms with Crippen LogP contribution < -0.4 is 50.6 Å². The predicted molar refractivity (Wildman–Crippen MR) is 179 cm³/mol. The molecule has 59 heavy (non-hydrogen) atoms. The molecule has 0 aromatic rings. The van der Waals surface area contributed by atoms with Gasteiger partial charge >= 0.3 is 53.0 Å². The van der Waals surface area contributed by atoms with Crippen LogP contribution in [0.15, 0.2) is 15.0 Å². The Kier molecular flexibility index (Phi) is 21.5. The van der Waals surface area contributed by atoms with Gasteiger partial charge in [0, 0.05) is 6.54 Å². The molecular formula is C26H46N4NaO25P3-2. The molecule has 3 heterocycles. The van der Waals surface area contributed by atoms with Gasteiger partial charge in [0.1, 0.15) is 73.1 Å². The van der Waals surface area contributed by atoms with Crippen molar-refractivity contribution in [2.45, 2.75) is 113 Å². The Labute approximate surface area is 356 Å². The molecule has 0 aromatic heterocycles. The van der Waals surface area contributed by atoms with Crippen LogP contribution in [-0.4, -0.2) is 193 Å². The topological polar surface area (TPSA) is 469 Å². The number of nitrogens with zero attached hydrogens (tertiary/aromatic N) is 3. The van der Waals surface area contributed by atoms with E-state index in [4.69, 9.17) is 52.6 Å². The summed E-state index contributed by atoms with van der Waals surface area (Å²) in [6.07, 6.45) is -23.8. The maximum Gasteiger partial charge on any atom is 1.00 e. The first-order chi connectivity index (χ1) is 26.8. The van der Waals surface area contributed by atoms with E-state index in [0.717, 1.165) is 20.8 Å². The van der Waals surface area contributed by atoms with Crippen LogP contribution in [0.25, 0.3) is 0 Å². The molecule has 12 N–H and O–H groups in total. The van der Waals surface area contributed by atoms with Crippen LogP contribution in [0.3, 0.4) is 0 Å². The van der Waals surface area contributed by atoms with Crippen molar-refractivity contribution < 1.29 is 150 Å². The fourth-order valence-electron chi connectivity index (χ4n) is 5.53. The molecule has 3 saturated heterocycles. The van der Waals surface area contributed by atoms with Crippen molar-refractivity contribution in [3.63, 3.8) is 0 Å². The molecule has 2 unspecified atom stereocenters. The molecule has 33 heteroatoms. The summed E-state index contributed by atoms with van der Waals surface area (Å²) in [6, 6.07) is -5.37. The van der Waals surface area contributed by atoms with E-state index in [1.165, 1.54) is 0 Å². The second-order valence-electron chi connectivity index (χ2n) is 12.7. The summed E-state index contributed by atoms with van der Waals surface area (Å²) in [5.74, 6) is -2.78. The van der Waals surface area contributed by atoms with Crippen molar-refractivity contribution in [1.29, 1.82) is 0 Å². The maximum absolute atomic E-state index is 13.1. The van der Waals surface area contributed by atoms with E-state index < -0.39 is 153 Å². The fourth-order valence-corrected chi connectivity index (χ4v) is 7.54. The van der Waals surface area contributed by atoms with Gasteiger partial charge in [0.05, 0.1) is 26.4 Å². The van der Waals surface area contributed by atoms with Crippen LogP contribution in [0.1, 0.15) is 20.8 Å². The molecule has 3 rings (SSSR count). The van der Waals surface area contributed by atoms with Gasteiger partial charge in [-0.15, -0.1) is 0 Å². The molecular weight excluding hydrogens is 884 g/mol. The molecule has 3 aliphatic heterocycles. The molecule has 0 amide bonds. The van der Waals surface area contributed by atoms with Crippen molar-refractivity contribution in [1.82, 2.24) is 0 Å². The van der Waals surface area contributed by atoms with Gasteiger partial charge in [0.25, 0.3) is 0 Å². The van der Waals surface area contributed by atoms with Gasteiger partial charge in [-0.05, 0) is 38.5 Å². The first-order valence-corrected chi connectivity index (χ1v) is 21.3. The Hall–Kier alpha value is -0.700. The summed E-state index contributed by atoms with van der Waals surface area (Å²) in [7, 11) is -16.2. The van der Waals surface area contributed by atoms with E-state index in [1.54, 1.807) is 0 Å². The van der Waals surface area contributed by atoms with Gasteiger partial charge < -0.3 is 90.2 Å². The van der Waals surface area contributed by atoms with Crippen molar-refractivity contribution in [2.75, 3.05) is 33.0 Å². The molecule has 0 saturated carbocycles. The number of hydrogen-bond donors (Lipinski definition) is 11. The van der Waals surface area contributed by atoms with E-state index in [2.05, 4.69) is 19.5 Å². The first kappa shape index (κ1) is 54.4. The zero-order valence-corrected chi connectivity index (χ0v) is 36.2. The number of nitrogens with two attached hydrogens (primary N) is 1. The second-order valence-corrected chi connectivity index (χ2v) is 16.7.